The minimum atomic E-state index is -0.456. The van der Waals surface area contributed by atoms with Crippen molar-refractivity contribution in [3.63, 3.8) is 0 Å². The third kappa shape index (κ3) is 5.86. The number of rotatable bonds is 8. The van der Waals surface area contributed by atoms with Crippen molar-refractivity contribution in [3.05, 3.63) is 60.2 Å². The Kier molecular flexibility index (Phi) is 7.52. The lowest BCUT2D eigenvalue weighted by molar-refractivity contribution is -0.129. The van der Waals surface area contributed by atoms with Crippen LogP contribution < -0.4 is 10.1 Å². The molecule has 1 atom stereocenters. The number of amidine groups is 1. The van der Waals surface area contributed by atoms with Crippen LogP contribution in [-0.4, -0.2) is 40.8 Å². The van der Waals surface area contributed by atoms with Crippen LogP contribution in [0.15, 0.2) is 59.6 Å². The van der Waals surface area contributed by atoms with Gasteiger partial charge in [0.25, 0.3) is 0 Å². The van der Waals surface area contributed by atoms with E-state index in [9.17, 15) is 9.59 Å². The van der Waals surface area contributed by atoms with Gasteiger partial charge in [-0.15, -0.1) is 0 Å². The van der Waals surface area contributed by atoms with E-state index in [-0.39, 0.29) is 18.2 Å². The van der Waals surface area contributed by atoms with Crippen molar-refractivity contribution in [3.8, 4) is 5.75 Å². The van der Waals surface area contributed by atoms with E-state index >= 15 is 0 Å². The van der Waals surface area contributed by atoms with Crippen molar-refractivity contribution in [2.24, 2.45) is 10.9 Å². The molecule has 0 aliphatic carbocycles. The first-order valence-electron chi connectivity index (χ1n) is 9.97. The summed E-state index contributed by atoms with van der Waals surface area (Å²) >= 11 is 1.37. The lowest BCUT2D eigenvalue weighted by Gasteiger charge is -2.18. The highest BCUT2D eigenvalue weighted by molar-refractivity contribution is 8.15. The average molecular weight is 426 g/mol. The van der Waals surface area contributed by atoms with Gasteiger partial charge in [-0.2, -0.15) is 0 Å². The quantitative estimate of drug-likeness (QED) is 0.694. The number of hydrogen-bond donors (Lipinski definition) is 1. The van der Waals surface area contributed by atoms with E-state index in [4.69, 9.17) is 4.74 Å². The van der Waals surface area contributed by atoms with Crippen LogP contribution in [0.25, 0.3) is 0 Å². The number of amides is 2. The molecule has 0 aromatic heterocycles. The minimum absolute atomic E-state index is 0.0528. The number of carbonyl (C=O) groups excluding carboxylic acids is 2. The molecular formula is C23H27N3O3S. The summed E-state index contributed by atoms with van der Waals surface area (Å²) < 4.78 is 5.14. The third-order valence-electron chi connectivity index (χ3n) is 4.57. The standard InChI is InChI=1S/C23H27N3O3S/c1-16(2)15-26-22(28)20(30-23(26)25-18-7-5-4-6-8-18)13-21(27)24-14-17-9-11-19(29-3)12-10-17/h4-12,16,20H,13-15H2,1-3H3,(H,24,27)/t20-/m0/s1. The molecule has 1 aliphatic rings. The topological polar surface area (TPSA) is 71.0 Å². The Morgan fingerprint density at radius 2 is 1.87 bits per heavy atom. The minimum Gasteiger partial charge on any atom is -0.497 e. The van der Waals surface area contributed by atoms with Gasteiger partial charge in [0.1, 0.15) is 11.0 Å². The van der Waals surface area contributed by atoms with Crippen molar-refractivity contribution >= 4 is 34.4 Å². The van der Waals surface area contributed by atoms with Gasteiger partial charge in [0.15, 0.2) is 5.17 Å². The van der Waals surface area contributed by atoms with Gasteiger partial charge in [0.2, 0.25) is 11.8 Å². The van der Waals surface area contributed by atoms with E-state index in [1.165, 1.54) is 11.8 Å². The van der Waals surface area contributed by atoms with Crippen molar-refractivity contribution < 1.29 is 14.3 Å². The molecule has 1 fully saturated rings. The fraction of sp³-hybridized carbons (Fsp3) is 0.348. The van der Waals surface area contributed by atoms with Gasteiger partial charge in [-0.1, -0.05) is 55.9 Å². The number of aliphatic imine (C=N–C) groups is 1. The molecule has 1 heterocycles. The molecule has 0 unspecified atom stereocenters. The van der Waals surface area contributed by atoms with E-state index in [2.05, 4.69) is 24.2 Å². The smallest absolute Gasteiger partial charge is 0.242 e. The first kappa shape index (κ1) is 21.9. The molecule has 0 saturated carbocycles. The van der Waals surface area contributed by atoms with Gasteiger partial charge in [-0.3, -0.25) is 14.5 Å². The second-order valence-electron chi connectivity index (χ2n) is 7.51. The highest BCUT2D eigenvalue weighted by Crippen LogP contribution is 2.32. The Morgan fingerprint density at radius 1 is 1.17 bits per heavy atom. The molecule has 1 N–H and O–H groups in total. The van der Waals surface area contributed by atoms with Crippen molar-refractivity contribution in [2.45, 2.75) is 32.1 Å². The molecule has 6 nitrogen and oxygen atoms in total. The average Bonchev–Trinajstić information content (AvgIpc) is 3.01. The highest BCUT2D eigenvalue weighted by Gasteiger charge is 2.39. The van der Waals surface area contributed by atoms with E-state index in [0.717, 1.165) is 17.0 Å². The number of carbonyl (C=O) groups is 2. The number of benzene rings is 2. The van der Waals surface area contributed by atoms with E-state index in [1.807, 2.05) is 54.6 Å². The Morgan fingerprint density at radius 3 is 2.50 bits per heavy atom. The summed E-state index contributed by atoms with van der Waals surface area (Å²) in [6.45, 7) is 5.12. The summed E-state index contributed by atoms with van der Waals surface area (Å²) in [4.78, 5) is 31.8. The molecule has 3 rings (SSSR count). The van der Waals surface area contributed by atoms with Crippen molar-refractivity contribution in [2.75, 3.05) is 13.7 Å². The van der Waals surface area contributed by atoms with Crippen LogP contribution in [0.5, 0.6) is 5.75 Å². The summed E-state index contributed by atoms with van der Waals surface area (Å²) in [7, 11) is 1.62. The molecule has 2 aromatic rings. The first-order valence-corrected chi connectivity index (χ1v) is 10.9. The van der Waals surface area contributed by atoms with Gasteiger partial charge in [-0.25, -0.2) is 4.99 Å². The summed E-state index contributed by atoms with van der Waals surface area (Å²) in [6, 6.07) is 17.1. The van der Waals surface area contributed by atoms with Gasteiger partial charge < -0.3 is 10.1 Å². The van der Waals surface area contributed by atoms with Crippen LogP contribution in [0, 0.1) is 5.92 Å². The number of hydrogen-bond acceptors (Lipinski definition) is 5. The Labute approximate surface area is 181 Å². The second kappa shape index (κ2) is 10.3. The third-order valence-corrected chi connectivity index (χ3v) is 5.74. The molecule has 158 valence electrons. The molecule has 2 aromatic carbocycles. The Hall–Kier alpha value is -2.80. The number of methoxy groups -OCH3 is 1. The molecule has 7 heteroatoms. The molecule has 1 saturated heterocycles. The molecule has 30 heavy (non-hydrogen) atoms. The predicted molar refractivity (Wildman–Crippen MR) is 121 cm³/mol. The maximum absolute atomic E-state index is 13.0. The first-order chi connectivity index (χ1) is 14.5. The van der Waals surface area contributed by atoms with E-state index < -0.39 is 5.25 Å². The number of thioether (sulfide) groups is 1. The summed E-state index contributed by atoms with van der Waals surface area (Å²) in [5.41, 5.74) is 1.77. The maximum atomic E-state index is 13.0. The van der Waals surface area contributed by atoms with Crippen LogP contribution in [0.2, 0.25) is 0 Å². The van der Waals surface area contributed by atoms with Gasteiger partial charge in [0.05, 0.1) is 12.8 Å². The predicted octanol–water partition coefficient (Wildman–Crippen LogP) is 3.99. The SMILES string of the molecule is COc1ccc(CNC(=O)C[C@@H]2SC(=Nc3ccccc3)N(CC(C)C)C2=O)cc1. The number of para-hydroxylation sites is 1. The van der Waals surface area contributed by atoms with Crippen LogP contribution in [0.4, 0.5) is 5.69 Å². The maximum Gasteiger partial charge on any atom is 0.242 e. The fourth-order valence-corrected chi connectivity index (χ4v) is 4.22. The lowest BCUT2D eigenvalue weighted by atomic mass is 10.2. The van der Waals surface area contributed by atoms with Gasteiger partial charge >= 0.3 is 0 Å². The van der Waals surface area contributed by atoms with Crippen molar-refractivity contribution in [1.82, 2.24) is 10.2 Å². The zero-order valence-corrected chi connectivity index (χ0v) is 18.3. The number of nitrogens with zero attached hydrogens (tertiary/aromatic N) is 2. The van der Waals surface area contributed by atoms with Gasteiger partial charge in [-0.05, 0) is 35.7 Å². The monoisotopic (exact) mass is 425 g/mol. The van der Waals surface area contributed by atoms with Crippen LogP contribution in [0.3, 0.4) is 0 Å². The summed E-state index contributed by atoms with van der Waals surface area (Å²) in [5, 5.41) is 3.10. The Balaban J connectivity index is 1.63. The number of ether oxygens (including phenoxy) is 1. The van der Waals surface area contributed by atoms with E-state index in [0.29, 0.717) is 24.2 Å². The van der Waals surface area contributed by atoms with Crippen LogP contribution in [0.1, 0.15) is 25.8 Å². The zero-order chi connectivity index (χ0) is 21.5. The number of nitrogens with one attached hydrogen (secondary N) is 1. The molecular weight excluding hydrogens is 398 g/mol. The molecule has 0 spiro atoms. The van der Waals surface area contributed by atoms with Crippen LogP contribution >= 0.6 is 11.8 Å². The molecule has 1 aliphatic heterocycles. The summed E-state index contributed by atoms with van der Waals surface area (Å²) in [6.07, 6.45) is 0.127. The zero-order valence-electron chi connectivity index (χ0n) is 17.5. The highest BCUT2D eigenvalue weighted by atomic mass is 32.2. The van der Waals surface area contributed by atoms with Crippen LogP contribution in [-0.2, 0) is 16.1 Å². The second-order valence-corrected chi connectivity index (χ2v) is 8.68. The molecule has 0 radical (unpaired) electrons. The van der Waals surface area contributed by atoms with E-state index in [1.54, 1.807) is 12.0 Å². The lowest BCUT2D eigenvalue weighted by Crippen LogP contribution is -2.36. The fourth-order valence-electron chi connectivity index (χ4n) is 3.06. The molecule has 2 amide bonds. The van der Waals surface area contributed by atoms with Gasteiger partial charge in [0, 0.05) is 19.5 Å². The summed E-state index contributed by atoms with van der Waals surface area (Å²) in [5.74, 6) is 0.872. The van der Waals surface area contributed by atoms with Crippen molar-refractivity contribution in [1.29, 1.82) is 0 Å². The molecule has 0 bridgehead atoms. The normalized spacial score (nSPS) is 17.6. The largest absolute Gasteiger partial charge is 0.497 e. The Bertz CT molecular complexity index is 898.